The predicted octanol–water partition coefficient (Wildman–Crippen LogP) is 3.56. The number of alkyl halides is 1. The fourth-order valence-electron chi connectivity index (χ4n) is 1.76. The molecule has 0 aromatic heterocycles. The zero-order chi connectivity index (χ0) is 12.8. The molecule has 3 heteroatoms. The molecule has 1 saturated heterocycles. The van der Waals surface area contributed by atoms with E-state index in [1.54, 1.807) is 7.11 Å². The van der Waals surface area contributed by atoms with Crippen LogP contribution in [0.5, 0.6) is 0 Å². The van der Waals surface area contributed by atoms with Crippen LogP contribution in [0.15, 0.2) is 34.9 Å². The van der Waals surface area contributed by atoms with Crippen LogP contribution >= 0.6 is 15.9 Å². The van der Waals surface area contributed by atoms with E-state index in [9.17, 15) is 0 Å². The monoisotopic (exact) mass is 299 g/mol. The number of halogens is 1. The van der Waals surface area contributed by atoms with E-state index in [-0.39, 0.29) is 6.23 Å². The van der Waals surface area contributed by atoms with Crippen LogP contribution in [0, 0.1) is 0 Å². The second-order valence-corrected chi connectivity index (χ2v) is 5.07. The molecule has 0 amide bonds. The molecule has 1 atom stereocenters. The quantitative estimate of drug-likeness (QED) is 0.805. The standard InChI is InChI=1S/C14H22BrNO/c1-10-5-6-14(17-4)16-9-13(10)7-11(2)12(3)8-15/h7,14,16H,1,5-6,8-9H2,2-4H3/b12-11+,13-7-. The first-order valence-electron chi connectivity index (χ1n) is 5.95. The molecule has 1 rings (SSSR count). The Hall–Kier alpha value is -0.380. The van der Waals surface area contributed by atoms with Gasteiger partial charge in [-0.25, -0.2) is 0 Å². The molecule has 0 aromatic rings. The van der Waals surface area contributed by atoms with Crippen LogP contribution in [0.1, 0.15) is 26.7 Å². The summed E-state index contributed by atoms with van der Waals surface area (Å²) >= 11 is 3.49. The van der Waals surface area contributed by atoms with E-state index in [0.717, 1.165) is 24.7 Å². The molecule has 1 fully saturated rings. The molecule has 0 aliphatic carbocycles. The minimum atomic E-state index is 0.152. The molecular weight excluding hydrogens is 278 g/mol. The third kappa shape index (κ3) is 4.41. The largest absolute Gasteiger partial charge is 0.367 e. The van der Waals surface area contributed by atoms with Crippen molar-refractivity contribution in [3.63, 3.8) is 0 Å². The number of nitrogens with one attached hydrogen (secondary N) is 1. The fraction of sp³-hybridized carbons (Fsp3) is 0.571. The molecule has 17 heavy (non-hydrogen) atoms. The van der Waals surface area contributed by atoms with Crippen molar-refractivity contribution >= 4 is 15.9 Å². The van der Waals surface area contributed by atoms with Gasteiger partial charge < -0.3 is 4.74 Å². The van der Waals surface area contributed by atoms with Gasteiger partial charge in [-0.3, -0.25) is 5.32 Å². The molecule has 1 aliphatic rings. The summed E-state index contributed by atoms with van der Waals surface area (Å²) < 4.78 is 5.34. The van der Waals surface area contributed by atoms with E-state index in [4.69, 9.17) is 4.74 Å². The lowest BCUT2D eigenvalue weighted by molar-refractivity contribution is 0.0727. The molecule has 0 saturated carbocycles. The summed E-state index contributed by atoms with van der Waals surface area (Å²) in [5.74, 6) is 0. The highest BCUT2D eigenvalue weighted by molar-refractivity contribution is 9.09. The summed E-state index contributed by atoms with van der Waals surface area (Å²) in [4.78, 5) is 0. The first-order chi connectivity index (χ1) is 8.08. The maximum absolute atomic E-state index is 5.34. The highest BCUT2D eigenvalue weighted by atomic mass is 79.9. The molecule has 0 radical (unpaired) electrons. The Morgan fingerprint density at radius 3 is 2.88 bits per heavy atom. The second kappa shape index (κ2) is 7.14. The van der Waals surface area contributed by atoms with Gasteiger partial charge in [0, 0.05) is 19.0 Å². The van der Waals surface area contributed by atoms with Crippen LogP contribution in [0.3, 0.4) is 0 Å². The molecule has 0 bridgehead atoms. The van der Waals surface area contributed by atoms with Gasteiger partial charge in [-0.2, -0.15) is 0 Å². The number of ether oxygens (including phenoxy) is 1. The van der Waals surface area contributed by atoms with Crippen molar-refractivity contribution in [2.75, 3.05) is 19.0 Å². The van der Waals surface area contributed by atoms with Crippen LogP contribution in [-0.4, -0.2) is 25.2 Å². The molecule has 1 unspecified atom stereocenters. The van der Waals surface area contributed by atoms with Gasteiger partial charge in [0.05, 0.1) is 0 Å². The lowest BCUT2D eigenvalue weighted by Crippen LogP contribution is -2.30. The number of rotatable bonds is 3. The summed E-state index contributed by atoms with van der Waals surface area (Å²) in [6, 6.07) is 0. The van der Waals surface area contributed by atoms with Crippen LogP contribution < -0.4 is 5.32 Å². The van der Waals surface area contributed by atoms with Crippen molar-refractivity contribution in [3.8, 4) is 0 Å². The van der Waals surface area contributed by atoms with Gasteiger partial charge in [0.2, 0.25) is 0 Å². The van der Waals surface area contributed by atoms with Gasteiger partial charge in [-0.05, 0) is 32.3 Å². The summed E-state index contributed by atoms with van der Waals surface area (Å²) in [7, 11) is 1.75. The number of hydrogen-bond donors (Lipinski definition) is 1. The third-order valence-electron chi connectivity index (χ3n) is 3.23. The summed E-state index contributed by atoms with van der Waals surface area (Å²) in [6.45, 7) is 9.30. The molecule has 1 aliphatic heterocycles. The minimum absolute atomic E-state index is 0.152. The summed E-state index contributed by atoms with van der Waals surface area (Å²) in [6.07, 6.45) is 4.38. The van der Waals surface area contributed by atoms with E-state index >= 15 is 0 Å². The molecule has 0 spiro atoms. The molecule has 1 N–H and O–H groups in total. The molecular formula is C14H22BrNO. The number of methoxy groups -OCH3 is 1. The maximum Gasteiger partial charge on any atom is 0.108 e. The SMILES string of the molecule is C=C1CCC(OC)NC/C1=C/C(C)=C(\C)CBr. The Bertz CT molecular complexity index is 344. The maximum atomic E-state index is 5.34. The molecule has 1 heterocycles. The zero-order valence-corrected chi connectivity index (χ0v) is 12.6. The van der Waals surface area contributed by atoms with E-state index < -0.39 is 0 Å². The molecule has 2 nitrogen and oxygen atoms in total. The average Bonchev–Trinajstić information content (AvgIpc) is 2.51. The first-order valence-corrected chi connectivity index (χ1v) is 7.07. The average molecular weight is 300 g/mol. The Labute approximate surface area is 113 Å². The Balaban J connectivity index is 2.82. The van der Waals surface area contributed by atoms with Crippen molar-refractivity contribution in [2.24, 2.45) is 0 Å². The Kier molecular flexibility index (Phi) is 6.17. The lowest BCUT2D eigenvalue weighted by Gasteiger charge is -2.12. The minimum Gasteiger partial charge on any atom is -0.367 e. The van der Waals surface area contributed by atoms with Crippen molar-refractivity contribution in [1.82, 2.24) is 5.32 Å². The van der Waals surface area contributed by atoms with Gasteiger partial charge in [0.15, 0.2) is 0 Å². The second-order valence-electron chi connectivity index (χ2n) is 4.51. The van der Waals surface area contributed by atoms with E-state index in [2.05, 4.69) is 47.7 Å². The number of hydrogen-bond acceptors (Lipinski definition) is 2. The Morgan fingerprint density at radius 2 is 2.29 bits per heavy atom. The summed E-state index contributed by atoms with van der Waals surface area (Å²) in [5, 5.41) is 4.31. The van der Waals surface area contributed by atoms with Crippen LogP contribution in [0.25, 0.3) is 0 Å². The van der Waals surface area contributed by atoms with Crippen molar-refractivity contribution in [1.29, 1.82) is 0 Å². The number of allylic oxidation sites excluding steroid dienone is 3. The van der Waals surface area contributed by atoms with Crippen LogP contribution in [0.2, 0.25) is 0 Å². The first kappa shape index (κ1) is 14.7. The van der Waals surface area contributed by atoms with Gasteiger partial charge in [-0.15, -0.1) is 0 Å². The van der Waals surface area contributed by atoms with E-state index in [1.165, 1.54) is 22.3 Å². The predicted molar refractivity (Wildman–Crippen MR) is 77.4 cm³/mol. The highest BCUT2D eigenvalue weighted by Crippen LogP contribution is 2.21. The van der Waals surface area contributed by atoms with Gasteiger partial charge >= 0.3 is 0 Å². The fourth-order valence-corrected chi connectivity index (χ4v) is 2.20. The molecule has 96 valence electrons. The van der Waals surface area contributed by atoms with Crippen molar-refractivity contribution < 1.29 is 4.74 Å². The van der Waals surface area contributed by atoms with Gasteiger partial charge in [-0.1, -0.05) is 45.3 Å². The zero-order valence-electron chi connectivity index (χ0n) is 11.0. The van der Waals surface area contributed by atoms with Crippen molar-refractivity contribution in [2.45, 2.75) is 32.9 Å². The third-order valence-corrected chi connectivity index (χ3v) is 4.07. The van der Waals surface area contributed by atoms with Gasteiger partial charge in [0.1, 0.15) is 6.23 Å². The molecule has 0 aromatic carbocycles. The lowest BCUT2D eigenvalue weighted by atomic mass is 10.0. The highest BCUT2D eigenvalue weighted by Gasteiger charge is 2.15. The topological polar surface area (TPSA) is 21.3 Å². The van der Waals surface area contributed by atoms with E-state index in [1.807, 2.05) is 0 Å². The smallest absolute Gasteiger partial charge is 0.108 e. The van der Waals surface area contributed by atoms with Crippen LogP contribution in [-0.2, 0) is 4.74 Å². The Morgan fingerprint density at radius 1 is 1.59 bits per heavy atom. The normalized spacial score (nSPS) is 25.8. The van der Waals surface area contributed by atoms with E-state index in [0.29, 0.717) is 0 Å². The van der Waals surface area contributed by atoms with Gasteiger partial charge in [0.25, 0.3) is 0 Å². The van der Waals surface area contributed by atoms with Crippen LogP contribution in [0.4, 0.5) is 0 Å². The summed E-state index contributed by atoms with van der Waals surface area (Å²) in [5.41, 5.74) is 5.19. The van der Waals surface area contributed by atoms with Crippen molar-refractivity contribution in [3.05, 3.63) is 34.9 Å².